The second-order valence-electron chi connectivity index (χ2n) is 3.09. The predicted molar refractivity (Wildman–Crippen MR) is 51.4 cm³/mol. The number of rotatable bonds is 4. The van der Waals surface area contributed by atoms with Gasteiger partial charge in [0.1, 0.15) is 6.04 Å². The lowest BCUT2D eigenvalue weighted by Gasteiger charge is -2.08. The number of nitrogens with zero attached hydrogens (tertiary/aromatic N) is 2. The van der Waals surface area contributed by atoms with Crippen LogP contribution in [0.25, 0.3) is 0 Å². The Morgan fingerprint density at radius 3 is 3.00 bits per heavy atom. The van der Waals surface area contributed by atoms with E-state index in [1.54, 1.807) is 24.1 Å². The van der Waals surface area contributed by atoms with E-state index in [-0.39, 0.29) is 0 Å². The van der Waals surface area contributed by atoms with Crippen molar-refractivity contribution in [3.05, 3.63) is 18.0 Å². The number of hydrogen-bond donors (Lipinski definition) is 1. The molecule has 0 spiro atoms. The van der Waals surface area contributed by atoms with Crippen LogP contribution in [0.3, 0.4) is 0 Å². The van der Waals surface area contributed by atoms with Crippen molar-refractivity contribution in [2.24, 2.45) is 12.8 Å². The summed E-state index contributed by atoms with van der Waals surface area (Å²) < 4.78 is 6.52. The van der Waals surface area contributed by atoms with Crippen molar-refractivity contribution in [2.45, 2.75) is 19.4 Å². The van der Waals surface area contributed by atoms with E-state index < -0.39 is 12.0 Å². The van der Waals surface area contributed by atoms with Gasteiger partial charge < -0.3 is 10.5 Å². The number of carbonyl (C=O) groups is 1. The van der Waals surface area contributed by atoms with E-state index in [0.717, 1.165) is 6.42 Å². The molecule has 0 saturated heterocycles. The van der Waals surface area contributed by atoms with Crippen LogP contribution in [-0.2, 0) is 16.6 Å². The lowest BCUT2D eigenvalue weighted by Crippen LogP contribution is -2.23. The van der Waals surface area contributed by atoms with Gasteiger partial charge in [-0.3, -0.25) is 4.68 Å². The monoisotopic (exact) mass is 197 g/mol. The zero-order valence-electron chi connectivity index (χ0n) is 8.43. The molecule has 5 heteroatoms. The van der Waals surface area contributed by atoms with Gasteiger partial charge in [0.2, 0.25) is 0 Å². The number of carbonyl (C=O) groups excluding carboxylic acids is 1. The van der Waals surface area contributed by atoms with Crippen molar-refractivity contribution in [2.75, 3.05) is 6.61 Å². The third-order valence-corrected chi connectivity index (χ3v) is 1.79. The average molecular weight is 197 g/mol. The molecule has 0 radical (unpaired) electrons. The molecule has 5 nitrogen and oxygen atoms in total. The second-order valence-corrected chi connectivity index (χ2v) is 3.09. The standard InChI is InChI=1S/C9H15N3O2/c1-3-4-14-9(13)8(10)7-5-11-12(2)6-7/h5-6,8H,3-4,10H2,1-2H3. The van der Waals surface area contributed by atoms with E-state index in [0.29, 0.717) is 12.2 Å². The van der Waals surface area contributed by atoms with Gasteiger partial charge in [0.15, 0.2) is 0 Å². The number of hydrogen-bond acceptors (Lipinski definition) is 4. The summed E-state index contributed by atoms with van der Waals surface area (Å²) in [5, 5.41) is 3.93. The lowest BCUT2D eigenvalue weighted by molar-refractivity contribution is -0.145. The van der Waals surface area contributed by atoms with Crippen LogP contribution in [0.2, 0.25) is 0 Å². The SMILES string of the molecule is CCCOC(=O)C(N)c1cnn(C)c1. The summed E-state index contributed by atoms with van der Waals surface area (Å²) >= 11 is 0. The first-order chi connectivity index (χ1) is 6.65. The molecule has 1 aromatic heterocycles. The molecular formula is C9H15N3O2. The highest BCUT2D eigenvalue weighted by Crippen LogP contribution is 2.10. The van der Waals surface area contributed by atoms with E-state index in [2.05, 4.69) is 5.10 Å². The van der Waals surface area contributed by atoms with Crippen LogP contribution < -0.4 is 5.73 Å². The summed E-state index contributed by atoms with van der Waals surface area (Å²) in [5.41, 5.74) is 6.34. The zero-order chi connectivity index (χ0) is 10.6. The van der Waals surface area contributed by atoms with Crippen LogP contribution in [0.5, 0.6) is 0 Å². The molecule has 0 aliphatic rings. The summed E-state index contributed by atoms with van der Waals surface area (Å²) in [5.74, 6) is -0.403. The molecule has 1 heterocycles. The Labute approximate surface area is 82.8 Å². The van der Waals surface area contributed by atoms with E-state index in [1.807, 2.05) is 6.92 Å². The molecule has 0 bridgehead atoms. The van der Waals surface area contributed by atoms with E-state index in [1.165, 1.54) is 0 Å². The van der Waals surface area contributed by atoms with Crippen molar-refractivity contribution in [3.8, 4) is 0 Å². The summed E-state index contributed by atoms with van der Waals surface area (Å²) in [6.45, 7) is 2.34. The molecular weight excluding hydrogens is 182 g/mol. The smallest absolute Gasteiger partial charge is 0.327 e. The predicted octanol–water partition coefficient (Wildman–Crippen LogP) is 0.373. The second kappa shape index (κ2) is 4.76. The number of ether oxygens (including phenoxy) is 1. The van der Waals surface area contributed by atoms with Gasteiger partial charge in [-0.2, -0.15) is 5.10 Å². The van der Waals surface area contributed by atoms with Gasteiger partial charge >= 0.3 is 5.97 Å². The van der Waals surface area contributed by atoms with Crippen molar-refractivity contribution < 1.29 is 9.53 Å². The normalized spacial score (nSPS) is 12.5. The van der Waals surface area contributed by atoms with Crippen molar-refractivity contribution in [3.63, 3.8) is 0 Å². The van der Waals surface area contributed by atoms with Gasteiger partial charge in [-0.15, -0.1) is 0 Å². The molecule has 0 saturated carbocycles. The molecule has 78 valence electrons. The molecule has 0 aliphatic heterocycles. The van der Waals surface area contributed by atoms with Crippen LogP contribution in [0.1, 0.15) is 24.9 Å². The Bertz CT molecular complexity index is 309. The minimum atomic E-state index is -0.727. The molecule has 0 aliphatic carbocycles. The molecule has 1 atom stereocenters. The van der Waals surface area contributed by atoms with Gasteiger partial charge in [-0.25, -0.2) is 4.79 Å². The Morgan fingerprint density at radius 1 is 1.79 bits per heavy atom. The quantitative estimate of drug-likeness (QED) is 0.708. The molecule has 1 unspecified atom stereocenters. The first kappa shape index (κ1) is 10.7. The third kappa shape index (κ3) is 2.56. The molecule has 0 aromatic carbocycles. The first-order valence-electron chi connectivity index (χ1n) is 4.56. The van der Waals surface area contributed by atoms with Crippen molar-refractivity contribution in [1.82, 2.24) is 9.78 Å². The number of nitrogens with two attached hydrogens (primary N) is 1. The number of aromatic nitrogens is 2. The van der Waals surface area contributed by atoms with Gasteiger partial charge in [-0.05, 0) is 6.42 Å². The van der Waals surface area contributed by atoms with E-state index in [9.17, 15) is 4.79 Å². The Morgan fingerprint density at radius 2 is 2.50 bits per heavy atom. The number of aryl methyl sites for hydroxylation is 1. The maximum absolute atomic E-state index is 11.3. The van der Waals surface area contributed by atoms with Crippen LogP contribution >= 0.6 is 0 Å². The summed E-state index contributed by atoms with van der Waals surface area (Å²) in [4.78, 5) is 11.3. The van der Waals surface area contributed by atoms with Gasteiger partial charge in [0.25, 0.3) is 0 Å². The van der Waals surface area contributed by atoms with E-state index >= 15 is 0 Å². The summed E-state index contributed by atoms with van der Waals surface area (Å²) in [7, 11) is 1.77. The van der Waals surface area contributed by atoms with Gasteiger partial charge in [0, 0.05) is 18.8 Å². The molecule has 1 aromatic rings. The van der Waals surface area contributed by atoms with E-state index in [4.69, 9.17) is 10.5 Å². The Hall–Kier alpha value is -1.36. The molecule has 14 heavy (non-hydrogen) atoms. The van der Waals surface area contributed by atoms with Gasteiger partial charge in [-0.1, -0.05) is 6.92 Å². The van der Waals surface area contributed by atoms with Crippen LogP contribution in [0, 0.1) is 0 Å². The maximum atomic E-state index is 11.3. The Kier molecular flexibility index (Phi) is 3.64. The summed E-state index contributed by atoms with van der Waals surface area (Å²) in [6, 6.07) is -0.727. The average Bonchev–Trinajstić information content (AvgIpc) is 2.60. The largest absolute Gasteiger partial charge is 0.464 e. The first-order valence-corrected chi connectivity index (χ1v) is 4.56. The van der Waals surface area contributed by atoms with Crippen molar-refractivity contribution in [1.29, 1.82) is 0 Å². The fourth-order valence-corrected chi connectivity index (χ4v) is 1.03. The molecule has 0 fully saturated rings. The molecule has 2 N–H and O–H groups in total. The minimum absolute atomic E-state index is 0.403. The highest BCUT2D eigenvalue weighted by atomic mass is 16.5. The highest BCUT2D eigenvalue weighted by molar-refractivity contribution is 5.77. The van der Waals surface area contributed by atoms with Crippen LogP contribution in [0.4, 0.5) is 0 Å². The number of esters is 1. The third-order valence-electron chi connectivity index (χ3n) is 1.79. The fraction of sp³-hybridized carbons (Fsp3) is 0.556. The maximum Gasteiger partial charge on any atom is 0.327 e. The lowest BCUT2D eigenvalue weighted by atomic mass is 10.2. The molecule has 0 amide bonds. The summed E-state index contributed by atoms with van der Waals surface area (Å²) in [6.07, 6.45) is 4.07. The Balaban J connectivity index is 2.56. The zero-order valence-corrected chi connectivity index (χ0v) is 8.43. The fourth-order valence-electron chi connectivity index (χ4n) is 1.03. The van der Waals surface area contributed by atoms with Crippen LogP contribution in [0.15, 0.2) is 12.4 Å². The molecule has 1 rings (SSSR count). The topological polar surface area (TPSA) is 70.1 Å². The van der Waals surface area contributed by atoms with Crippen LogP contribution in [-0.4, -0.2) is 22.4 Å². The highest BCUT2D eigenvalue weighted by Gasteiger charge is 2.18. The van der Waals surface area contributed by atoms with Gasteiger partial charge in [0.05, 0.1) is 12.8 Å². The minimum Gasteiger partial charge on any atom is -0.464 e. The van der Waals surface area contributed by atoms with Crippen molar-refractivity contribution >= 4 is 5.97 Å².